The van der Waals surface area contributed by atoms with E-state index in [1.54, 1.807) is 13.8 Å². The van der Waals surface area contributed by atoms with Gasteiger partial charge < -0.3 is 19.9 Å². The number of thioether (sulfide) groups is 1. The molecular formula is C16H29NO6S. The topological polar surface area (TPSA) is 102 Å². The van der Waals surface area contributed by atoms with E-state index in [1.165, 1.54) is 18.7 Å². The number of esters is 1. The number of carboxylic acids is 1. The van der Waals surface area contributed by atoms with Gasteiger partial charge in [0, 0.05) is 13.5 Å². The van der Waals surface area contributed by atoms with Crippen molar-refractivity contribution in [2.45, 2.75) is 59.0 Å². The fourth-order valence-electron chi connectivity index (χ4n) is 1.69. The third-order valence-corrected chi connectivity index (χ3v) is 4.86. The summed E-state index contributed by atoms with van der Waals surface area (Å²) >= 11 is 1.31. The molecule has 2 atom stereocenters. The Morgan fingerprint density at radius 3 is 2.12 bits per heavy atom. The van der Waals surface area contributed by atoms with Crippen molar-refractivity contribution in [3.63, 3.8) is 0 Å². The van der Waals surface area contributed by atoms with E-state index in [-0.39, 0.29) is 12.5 Å². The number of aliphatic carboxylic acids is 1. The lowest BCUT2D eigenvalue weighted by molar-refractivity contribution is -0.168. The lowest BCUT2D eigenvalue weighted by Crippen LogP contribution is -2.37. The lowest BCUT2D eigenvalue weighted by Gasteiger charge is -2.18. The fourth-order valence-corrected chi connectivity index (χ4v) is 3.01. The SMILES string of the molecule is CCC(CC)CS[C@@H](CNC(=O)O[C@H](C)OC(=O)C(C)C)C(=O)O. The van der Waals surface area contributed by atoms with Gasteiger partial charge >= 0.3 is 18.0 Å². The highest BCUT2D eigenvalue weighted by atomic mass is 32.2. The number of carbonyl (C=O) groups excluding carboxylic acids is 2. The van der Waals surface area contributed by atoms with Crippen LogP contribution in [0.15, 0.2) is 0 Å². The summed E-state index contributed by atoms with van der Waals surface area (Å²) in [6.45, 7) is 8.85. The Hall–Kier alpha value is -1.44. The number of alkyl carbamates (subject to hydrolysis) is 1. The highest BCUT2D eigenvalue weighted by molar-refractivity contribution is 8.00. The highest BCUT2D eigenvalue weighted by Gasteiger charge is 2.22. The Morgan fingerprint density at radius 1 is 1.08 bits per heavy atom. The maximum absolute atomic E-state index is 11.7. The molecule has 0 aliphatic heterocycles. The van der Waals surface area contributed by atoms with Crippen LogP contribution >= 0.6 is 11.8 Å². The molecule has 0 saturated carbocycles. The van der Waals surface area contributed by atoms with E-state index in [0.29, 0.717) is 5.92 Å². The second-order valence-electron chi connectivity index (χ2n) is 5.79. The molecule has 7 nitrogen and oxygen atoms in total. The van der Waals surface area contributed by atoms with Gasteiger partial charge in [-0.25, -0.2) is 4.79 Å². The van der Waals surface area contributed by atoms with Crippen molar-refractivity contribution in [3.8, 4) is 0 Å². The molecule has 140 valence electrons. The average Bonchev–Trinajstić information content (AvgIpc) is 2.50. The van der Waals surface area contributed by atoms with E-state index in [1.807, 2.05) is 0 Å². The molecule has 0 aromatic heterocycles. The van der Waals surface area contributed by atoms with Crippen molar-refractivity contribution in [1.82, 2.24) is 5.32 Å². The van der Waals surface area contributed by atoms with Gasteiger partial charge in [-0.05, 0) is 11.7 Å². The van der Waals surface area contributed by atoms with E-state index in [2.05, 4.69) is 19.2 Å². The molecule has 24 heavy (non-hydrogen) atoms. The summed E-state index contributed by atoms with van der Waals surface area (Å²) in [4.78, 5) is 34.3. The zero-order valence-corrected chi connectivity index (χ0v) is 15.9. The van der Waals surface area contributed by atoms with Gasteiger partial charge in [0.15, 0.2) is 0 Å². The fraction of sp³-hybridized carbons (Fsp3) is 0.812. The highest BCUT2D eigenvalue weighted by Crippen LogP contribution is 2.19. The van der Waals surface area contributed by atoms with Crippen LogP contribution in [-0.2, 0) is 19.1 Å². The minimum atomic E-state index is -1.03. The molecule has 0 aliphatic rings. The molecule has 0 fully saturated rings. The molecule has 0 saturated heterocycles. The molecule has 0 bridgehead atoms. The molecule has 0 unspecified atom stereocenters. The monoisotopic (exact) mass is 363 g/mol. The Balaban J connectivity index is 4.27. The second kappa shape index (κ2) is 12.0. The molecule has 0 heterocycles. The molecule has 0 aliphatic carbocycles. The number of hydrogen-bond acceptors (Lipinski definition) is 6. The van der Waals surface area contributed by atoms with Gasteiger partial charge in [-0.15, -0.1) is 11.8 Å². The van der Waals surface area contributed by atoms with E-state index in [0.717, 1.165) is 18.6 Å². The van der Waals surface area contributed by atoms with Crippen LogP contribution in [0.1, 0.15) is 47.5 Å². The van der Waals surface area contributed by atoms with E-state index >= 15 is 0 Å². The maximum Gasteiger partial charge on any atom is 0.410 e. The largest absolute Gasteiger partial charge is 0.480 e. The smallest absolute Gasteiger partial charge is 0.410 e. The number of ether oxygens (including phenoxy) is 2. The Labute approximate surface area is 147 Å². The van der Waals surface area contributed by atoms with Crippen molar-refractivity contribution in [1.29, 1.82) is 0 Å². The molecule has 0 radical (unpaired) electrons. The van der Waals surface area contributed by atoms with Crippen LogP contribution < -0.4 is 5.32 Å². The Morgan fingerprint density at radius 2 is 1.67 bits per heavy atom. The summed E-state index contributed by atoms with van der Waals surface area (Å²) in [7, 11) is 0. The summed E-state index contributed by atoms with van der Waals surface area (Å²) in [5, 5.41) is 10.9. The van der Waals surface area contributed by atoms with Crippen molar-refractivity contribution in [2.24, 2.45) is 11.8 Å². The third-order valence-electron chi connectivity index (χ3n) is 3.42. The Bertz CT molecular complexity index is 411. The molecule has 0 aromatic rings. The number of carboxylic acid groups (broad SMARTS) is 1. The van der Waals surface area contributed by atoms with Crippen LogP contribution in [0.2, 0.25) is 0 Å². The first-order chi connectivity index (χ1) is 11.2. The standard InChI is InChI=1S/C16H29NO6S/c1-6-12(7-2)9-24-13(14(18)19)8-17-16(21)23-11(5)22-15(20)10(3)4/h10-13H,6-9H2,1-5H3,(H,17,21)(H,18,19)/t11-,13+/m1/s1. The zero-order chi connectivity index (χ0) is 18.7. The van der Waals surface area contributed by atoms with E-state index in [4.69, 9.17) is 9.47 Å². The number of carbonyl (C=O) groups is 3. The summed E-state index contributed by atoms with van der Waals surface area (Å²) in [5.74, 6) is -0.593. The van der Waals surface area contributed by atoms with Crippen LogP contribution in [-0.4, -0.2) is 47.0 Å². The summed E-state index contributed by atoms with van der Waals surface area (Å²) in [5.41, 5.74) is 0. The van der Waals surface area contributed by atoms with Crippen molar-refractivity contribution in [3.05, 3.63) is 0 Å². The minimum absolute atomic E-state index is 0.0518. The summed E-state index contributed by atoms with van der Waals surface area (Å²) in [6, 6.07) is 0. The second-order valence-corrected chi connectivity index (χ2v) is 7.02. The van der Waals surface area contributed by atoms with Crippen LogP contribution in [0.5, 0.6) is 0 Å². The number of hydrogen-bond donors (Lipinski definition) is 2. The van der Waals surface area contributed by atoms with Crippen LogP contribution in [0.4, 0.5) is 4.79 Å². The quantitative estimate of drug-likeness (QED) is 0.430. The van der Waals surface area contributed by atoms with Crippen molar-refractivity contribution >= 4 is 29.8 Å². The van der Waals surface area contributed by atoms with Crippen molar-refractivity contribution < 1.29 is 29.0 Å². The van der Waals surface area contributed by atoms with Gasteiger partial charge in [0.25, 0.3) is 0 Å². The van der Waals surface area contributed by atoms with Gasteiger partial charge in [-0.3, -0.25) is 9.59 Å². The molecule has 0 spiro atoms. The predicted molar refractivity (Wildman–Crippen MR) is 92.8 cm³/mol. The number of nitrogens with one attached hydrogen (secondary N) is 1. The first-order valence-corrected chi connectivity index (χ1v) is 9.25. The van der Waals surface area contributed by atoms with Crippen LogP contribution in [0.3, 0.4) is 0 Å². The summed E-state index contributed by atoms with van der Waals surface area (Å²) < 4.78 is 9.78. The number of rotatable bonds is 11. The normalized spacial score (nSPS) is 13.5. The van der Waals surface area contributed by atoms with Crippen LogP contribution in [0.25, 0.3) is 0 Å². The average molecular weight is 363 g/mol. The van der Waals surface area contributed by atoms with Gasteiger partial charge in [-0.1, -0.05) is 40.5 Å². The Kier molecular flexibility index (Phi) is 11.3. The molecule has 8 heteroatoms. The van der Waals surface area contributed by atoms with Crippen LogP contribution in [0, 0.1) is 11.8 Å². The predicted octanol–water partition coefficient (Wildman–Crippen LogP) is 2.88. The zero-order valence-electron chi connectivity index (χ0n) is 15.0. The third kappa shape index (κ3) is 9.64. The molecular weight excluding hydrogens is 334 g/mol. The van der Waals surface area contributed by atoms with Gasteiger partial charge in [0.1, 0.15) is 5.25 Å². The maximum atomic E-state index is 11.7. The van der Waals surface area contributed by atoms with E-state index < -0.39 is 29.6 Å². The van der Waals surface area contributed by atoms with Gasteiger partial charge in [-0.2, -0.15) is 0 Å². The first-order valence-electron chi connectivity index (χ1n) is 8.20. The van der Waals surface area contributed by atoms with Gasteiger partial charge in [0.05, 0.1) is 5.92 Å². The minimum Gasteiger partial charge on any atom is -0.480 e. The molecule has 0 aromatic carbocycles. The molecule has 2 N–H and O–H groups in total. The molecule has 0 rings (SSSR count). The van der Waals surface area contributed by atoms with Gasteiger partial charge in [0.2, 0.25) is 6.29 Å². The number of amides is 1. The first kappa shape index (κ1) is 22.6. The van der Waals surface area contributed by atoms with E-state index in [9.17, 15) is 19.5 Å². The lowest BCUT2D eigenvalue weighted by atomic mass is 10.1. The summed E-state index contributed by atoms with van der Waals surface area (Å²) in [6.07, 6.45) is 0.141. The van der Waals surface area contributed by atoms with Crippen molar-refractivity contribution in [2.75, 3.05) is 12.3 Å². The molecule has 1 amide bonds.